The van der Waals surface area contributed by atoms with Crippen LogP contribution in [0.2, 0.25) is 0 Å². The standard InChI is InChI=1S/C14H15NO2/c1-4-12-5-6-13(15-9-12)7-8-14(16)17-10-11(2)3/h1,5-9,11H,10H2,2-3H3/b8-7+. The molecule has 0 N–H and O–H groups in total. The van der Waals surface area contributed by atoms with Crippen LogP contribution in [0, 0.1) is 18.3 Å². The summed E-state index contributed by atoms with van der Waals surface area (Å²) in [6.45, 7) is 4.39. The predicted molar refractivity (Wildman–Crippen MR) is 67.0 cm³/mol. The van der Waals surface area contributed by atoms with Crippen molar-refractivity contribution in [1.29, 1.82) is 0 Å². The maximum absolute atomic E-state index is 11.3. The van der Waals surface area contributed by atoms with Gasteiger partial charge in [-0.05, 0) is 24.1 Å². The number of ether oxygens (including phenoxy) is 1. The van der Waals surface area contributed by atoms with Crippen LogP contribution >= 0.6 is 0 Å². The minimum Gasteiger partial charge on any atom is -0.462 e. The molecule has 88 valence electrons. The van der Waals surface area contributed by atoms with Crippen LogP contribution < -0.4 is 0 Å². The monoisotopic (exact) mass is 229 g/mol. The van der Waals surface area contributed by atoms with E-state index in [0.29, 0.717) is 23.8 Å². The molecule has 0 unspecified atom stereocenters. The maximum Gasteiger partial charge on any atom is 0.330 e. The van der Waals surface area contributed by atoms with Crippen molar-refractivity contribution in [3.05, 3.63) is 35.7 Å². The average Bonchev–Trinajstić information content (AvgIpc) is 2.34. The first-order chi connectivity index (χ1) is 8.11. The Balaban J connectivity index is 2.52. The highest BCUT2D eigenvalue weighted by molar-refractivity contribution is 5.86. The molecule has 1 heterocycles. The predicted octanol–water partition coefficient (Wildman–Crippen LogP) is 2.28. The van der Waals surface area contributed by atoms with E-state index in [1.165, 1.54) is 6.08 Å². The van der Waals surface area contributed by atoms with E-state index < -0.39 is 0 Å². The Labute approximate surface area is 102 Å². The molecule has 0 atom stereocenters. The molecule has 1 aromatic rings. The van der Waals surface area contributed by atoms with Crippen LogP contribution in [-0.2, 0) is 9.53 Å². The number of nitrogens with zero attached hydrogens (tertiary/aromatic N) is 1. The van der Waals surface area contributed by atoms with Crippen LogP contribution in [0.3, 0.4) is 0 Å². The normalized spacial score (nSPS) is 10.5. The first-order valence-electron chi connectivity index (χ1n) is 5.39. The second-order valence-electron chi connectivity index (χ2n) is 3.97. The minimum absolute atomic E-state index is 0.334. The van der Waals surface area contributed by atoms with Crippen LogP contribution in [0.5, 0.6) is 0 Å². The molecule has 1 rings (SSSR count). The first-order valence-corrected chi connectivity index (χ1v) is 5.39. The van der Waals surface area contributed by atoms with Crippen molar-refractivity contribution < 1.29 is 9.53 Å². The van der Waals surface area contributed by atoms with Crippen LogP contribution in [0.1, 0.15) is 25.1 Å². The third kappa shape index (κ3) is 4.98. The van der Waals surface area contributed by atoms with Crippen molar-refractivity contribution in [3.63, 3.8) is 0 Å². The lowest BCUT2D eigenvalue weighted by Gasteiger charge is -2.03. The van der Waals surface area contributed by atoms with E-state index in [1.807, 2.05) is 13.8 Å². The number of hydrogen-bond donors (Lipinski definition) is 0. The Morgan fingerprint density at radius 3 is 2.88 bits per heavy atom. The van der Waals surface area contributed by atoms with Gasteiger partial charge in [0.2, 0.25) is 0 Å². The van der Waals surface area contributed by atoms with Gasteiger partial charge < -0.3 is 4.74 Å². The van der Waals surface area contributed by atoms with Gasteiger partial charge in [-0.25, -0.2) is 4.79 Å². The summed E-state index contributed by atoms with van der Waals surface area (Å²) in [5.41, 5.74) is 1.38. The van der Waals surface area contributed by atoms with Crippen molar-refractivity contribution >= 4 is 12.0 Å². The molecule has 0 spiro atoms. The van der Waals surface area contributed by atoms with Gasteiger partial charge in [-0.1, -0.05) is 19.8 Å². The van der Waals surface area contributed by atoms with Crippen LogP contribution in [0.15, 0.2) is 24.4 Å². The van der Waals surface area contributed by atoms with Crippen LogP contribution in [0.4, 0.5) is 0 Å². The van der Waals surface area contributed by atoms with Crippen molar-refractivity contribution in [1.82, 2.24) is 4.98 Å². The molecule has 3 nitrogen and oxygen atoms in total. The summed E-state index contributed by atoms with van der Waals surface area (Å²) in [6.07, 6.45) is 9.75. The Bertz CT molecular complexity index is 438. The van der Waals surface area contributed by atoms with Gasteiger partial charge in [-0.3, -0.25) is 4.98 Å². The highest BCUT2D eigenvalue weighted by Crippen LogP contribution is 2.01. The molecular weight excluding hydrogens is 214 g/mol. The summed E-state index contributed by atoms with van der Waals surface area (Å²) in [5.74, 6) is 2.45. The molecule has 0 fully saturated rings. The van der Waals surface area contributed by atoms with Gasteiger partial charge in [0.15, 0.2) is 0 Å². The van der Waals surface area contributed by atoms with Gasteiger partial charge in [0.05, 0.1) is 12.3 Å². The number of carbonyl (C=O) groups is 1. The number of pyridine rings is 1. The van der Waals surface area contributed by atoms with E-state index in [9.17, 15) is 4.79 Å². The molecule has 0 aliphatic rings. The van der Waals surface area contributed by atoms with Crippen molar-refractivity contribution in [3.8, 4) is 12.3 Å². The lowest BCUT2D eigenvalue weighted by Crippen LogP contribution is -2.07. The summed E-state index contributed by atoms with van der Waals surface area (Å²) in [5, 5.41) is 0. The molecule has 0 aliphatic heterocycles. The molecule has 3 heteroatoms. The number of hydrogen-bond acceptors (Lipinski definition) is 3. The lowest BCUT2D eigenvalue weighted by molar-refractivity contribution is -0.138. The number of rotatable bonds is 4. The Hall–Kier alpha value is -2.08. The highest BCUT2D eigenvalue weighted by atomic mass is 16.5. The molecule has 1 aromatic heterocycles. The fraction of sp³-hybridized carbons (Fsp3) is 0.286. The van der Waals surface area contributed by atoms with E-state index >= 15 is 0 Å². The SMILES string of the molecule is C#Cc1ccc(/C=C/C(=O)OCC(C)C)nc1. The Morgan fingerprint density at radius 2 is 2.35 bits per heavy atom. The van der Waals surface area contributed by atoms with Gasteiger partial charge in [-0.15, -0.1) is 6.42 Å². The van der Waals surface area contributed by atoms with Crippen LogP contribution in [-0.4, -0.2) is 17.6 Å². The first kappa shape index (κ1) is 13.0. The second-order valence-corrected chi connectivity index (χ2v) is 3.97. The molecule has 0 amide bonds. The number of esters is 1. The van der Waals surface area contributed by atoms with Gasteiger partial charge in [-0.2, -0.15) is 0 Å². The fourth-order valence-electron chi connectivity index (χ4n) is 1.04. The van der Waals surface area contributed by atoms with E-state index in [0.717, 1.165) is 0 Å². The quantitative estimate of drug-likeness (QED) is 0.451. The third-order valence-electron chi connectivity index (χ3n) is 1.90. The highest BCUT2D eigenvalue weighted by Gasteiger charge is 1.99. The molecular formula is C14H15NO2. The van der Waals surface area contributed by atoms with Crippen molar-refractivity contribution in [2.24, 2.45) is 5.92 Å². The van der Waals surface area contributed by atoms with Gasteiger partial charge >= 0.3 is 5.97 Å². The summed E-state index contributed by atoms with van der Waals surface area (Å²) >= 11 is 0. The summed E-state index contributed by atoms with van der Waals surface area (Å²) in [6, 6.07) is 3.52. The van der Waals surface area contributed by atoms with Gasteiger partial charge in [0.1, 0.15) is 0 Å². The third-order valence-corrected chi connectivity index (χ3v) is 1.90. The molecule has 0 aliphatic carbocycles. The van der Waals surface area contributed by atoms with E-state index in [1.54, 1.807) is 24.4 Å². The van der Waals surface area contributed by atoms with Crippen LogP contribution in [0.25, 0.3) is 6.08 Å². The average molecular weight is 229 g/mol. The topological polar surface area (TPSA) is 39.2 Å². The van der Waals surface area contributed by atoms with Gasteiger partial charge in [0, 0.05) is 17.8 Å². The molecule has 0 aromatic carbocycles. The largest absolute Gasteiger partial charge is 0.462 e. The van der Waals surface area contributed by atoms with Crippen molar-refractivity contribution in [2.45, 2.75) is 13.8 Å². The zero-order valence-corrected chi connectivity index (χ0v) is 10.0. The smallest absolute Gasteiger partial charge is 0.330 e. The van der Waals surface area contributed by atoms with E-state index in [2.05, 4.69) is 10.9 Å². The Morgan fingerprint density at radius 1 is 1.59 bits per heavy atom. The van der Waals surface area contributed by atoms with Gasteiger partial charge in [0.25, 0.3) is 0 Å². The number of aromatic nitrogens is 1. The lowest BCUT2D eigenvalue weighted by atomic mass is 10.2. The van der Waals surface area contributed by atoms with E-state index in [4.69, 9.17) is 11.2 Å². The fourth-order valence-corrected chi connectivity index (χ4v) is 1.04. The molecule has 0 bridgehead atoms. The minimum atomic E-state index is -0.360. The zero-order chi connectivity index (χ0) is 12.7. The number of terminal acetylenes is 1. The Kier molecular flexibility index (Phi) is 4.96. The number of carbonyl (C=O) groups excluding carboxylic acids is 1. The maximum atomic E-state index is 11.3. The molecule has 0 saturated carbocycles. The summed E-state index contributed by atoms with van der Waals surface area (Å²) in [4.78, 5) is 15.4. The summed E-state index contributed by atoms with van der Waals surface area (Å²) in [7, 11) is 0. The molecule has 0 radical (unpaired) electrons. The van der Waals surface area contributed by atoms with E-state index in [-0.39, 0.29) is 5.97 Å². The summed E-state index contributed by atoms with van der Waals surface area (Å²) < 4.78 is 4.98. The zero-order valence-electron chi connectivity index (χ0n) is 10.0. The molecule has 17 heavy (non-hydrogen) atoms. The van der Waals surface area contributed by atoms with Crippen molar-refractivity contribution in [2.75, 3.05) is 6.61 Å². The molecule has 0 saturated heterocycles. The second kappa shape index (κ2) is 6.49.